The van der Waals surface area contributed by atoms with Crippen molar-refractivity contribution >= 4 is 50.7 Å². The van der Waals surface area contributed by atoms with Gasteiger partial charge in [0.15, 0.2) is 6.61 Å². The fourth-order valence-electron chi connectivity index (χ4n) is 4.46. The number of benzene rings is 2. The molecule has 0 bridgehead atoms. The van der Waals surface area contributed by atoms with Crippen LogP contribution in [0.15, 0.2) is 48.5 Å². The maximum atomic E-state index is 12.4. The largest absolute Gasteiger partial charge is 0.451 e. The van der Waals surface area contributed by atoms with Gasteiger partial charge in [0.1, 0.15) is 4.88 Å². The summed E-state index contributed by atoms with van der Waals surface area (Å²) in [5.74, 6) is -0.760. The molecule has 5 rings (SSSR count). The minimum absolute atomic E-state index is 0.295. The molecule has 0 aliphatic heterocycles. The molecule has 1 aliphatic carbocycles. The van der Waals surface area contributed by atoms with Gasteiger partial charge in [-0.2, -0.15) is 0 Å². The SMILES string of the molecule is CCn1c2ccccc2c2cc(NC(=O)COC(=O)c3cc4c(s3)CCCC4)ccc21. The lowest BCUT2D eigenvalue weighted by Crippen LogP contribution is -2.20. The molecule has 1 N–H and O–H groups in total. The molecular formula is C25H24N2O3S. The first-order chi connectivity index (χ1) is 15.1. The van der Waals surface area contributed by atoms with Gasteiger partial charge in [0.25, 0.3) is 5.91 Å². The van der Waals surface area contributed by atoms with Crippen LogP contribution >= 0.6 is 11.3 Å². The van der Waals surface area contributed by atoms with Crippen molar-refractivity contribution in [2.24, 2.45) is 0 Å². The number of ether oxygens (including phenoxy) is 1. The summed E-state index contributed by atoms with van der Waals surface area (Å²) in [4.78, 5) is 26.7. The Labute approximate surface area is 184 Å². The Balaban J connectivity index is 1.28. The number of nitrogens with zero attached hydrogens (tertiary/aromatic N) is 1. The molecule has 0 atom stereocenters. The Morgan fingerprint density at radius 3 is 2.68 bits per heavy atom. The van der Waals surface area contributed by atoms with Gasteiger partial charge in [0.2, 0.25) is 0 Å². The molecule has 2 aromatic heterocycles. The Bertz CT molecular complexity index is 1280. The van der Waals surface area contributed by atoms with E-state index in [2.05, 4.69) is 28.9 Å². The molecule has 0 radical (unpaired) electrons. The van der Waals surface area contributed by atoms with E-state index in [-0.39, 0.29) is 12.5 Å². The van der Waals surface area contributed by atoms with E-state index >= 15 is 0 Å². The lowest BCUT2D eigenvalue weighted by atomic mass is 9.99. The minimum atomic E-state index is -0.420. The van der Waals surface area contributed by atoms with Crippen LogP contribution in [-0.4, -0.2) is 23.1 Å². The van der Waals surface area contributed by atoms with Gasteiger partial charge in [0.05, 0.1) is 0 Å². The number of aromatic nitrogens is 1. The van der Waals surface area contributed by atoms with E-state index in [1.165, 1.54) is 40.1 Å². The van der Waals surface area contributed by atoms with Gasteiger partial charge in [-0.05, 0) is 68.5 Å². The summed E-state index contributed by atoms with van der Waals surface area (Å²) in [7, 11) is 0. The Morgan fingerprint density at radius 2 is 1.84 bits per heavy atom. The highest BCUT2D eigenvalue weighted by atomic mass is 32.1. The lowest BCUT2D eigenvalue weighted by molar-refractivity contribution is -0.119. The summed E-state index contributed by atoms with van der Waals surface area (Å²) >= 11 is 1.50. The second-order valence-electron chi connectivity index (χ2n) is 7.88. The highest BCUT2D eigenvalue weighted by Crippen LogP contribution is 2.31. The number of nitrogens with one attached hydrogen (secondary N) is 1. The van der Waals surface area contributed by atoms with E-state index in [0.717, 1.165) is 35.7 Å². The number of amides is 1. The third-order valence-electron chi connectivity index (χ3n) is 5.90. The van der Waals surface area contributed by atoms with Crippen LogP contribution in [0.2, 0.25) is 0 Å². The maximum absolute atomic E-state index is 12.4. The first-order valence-corrected chi connectivity index (χ1v) is 11.5. The number of carbonyl (C=O) groups excluding carboxylic acids is 2. The molecule has 5 nitrogen and oxygen atoms in total. The van der Waals surface area contributed by atoms with E-state index in [9.17, 15) is 9.59 Å². The van der Waals surface area contributed by atoms with Crippen LogP contribution in [0.3, 0.4) is 0 Å². The normalized spacial score (nSPS) is 13.3. The Hall–Kier alpha value is -3.12. The van der Waals surface area contributed by atoms with Gasteiger partial charge in [-0.15, -0.1) is 11.3 Å². The number of anilines is 1. The molecule has 31 heavy (non-hydrogen) atoms. The zero-order chi connectivity index (χ0) is 21.4. The van der Waals surface area contributed by atoms with Crippen LogP contribution in [0.1, 0.15) is 39.9 Å². The Kier molecular flexibility index (Phi) is 5.24. The van der Waals surface area contributed by atoms with Crippen molar-refractivity contribution in [2.45, 2.75) is 39.2 Å². The Morgan fingerprint density at radius 1 is 1.03 bits per heavy atom. The van der Waals surface area contributed by atoms with Crippen molar-refractivity contribution in [3.8, 4) is 0 Å². The number of rotatable bonds is 5. The molecule has 1 aliphatic rings. The number of hydrogen-bond donors (Lipinski definition) is 1. The fraction of sp³-hybridized carbons (Fsp3) is 0.280. The molecule has 0 fully saturated rings. The quantitative estimate of drug-likeness (QED) is 0.421. The monoisotopic (exact) mass is 432 g/mol. The first-order valence-electron chi connectivity index (χ1n) is 10.7. The number of para-hydroxylation sites is 1. The molecule has 4 aromatic rings. The predicted molar refractivity (Wildman–Crippen MR) is 125 cm³/mol. The standard InChI is InChI=1S/C25H24N2O3S/c1-2-27-20-9-5-4-8-18(20)19-14-17(11-12-21(19)27)26-24(28)15-30-25(29)23-13-16-7-3-6-10-22(16)31-23/h4-5,8-9,11-14H,2-3,6-7,10,15H2,1H3,(H,26,28). The molecule has 0 spiro atoms. The summed E-state index contributed by atoms with van der Waals surface area (Å²) in [6.45, 7) is 2.70. The van der Waals surface area contributed by atoms with Crippen LogP contribution in [-0.2, 0) is 28.9 Å². The van der Waals surface area contributed by atoms with Gasteiger partial charge in [0, 0.05) is 38.9 Å². The predicted octanol–water partition coefficient (Wildman–Crippen LogP) is 5.55. The van der Waals surface area contributed by atoms with Gasteiger partial charge < -0.3 is 14.6 Å². The molecule has 158 valence electrons. The lowest BCUT2D eigenvalue weighted by Gasteiger charge is -2.08. The summed E-state index contributed by atoms with van der Waals surface area (Å²) in [5.41, 5.74) is 4.26. The zero-order valence-electron chi connectivity index (χ0n) is 17.4. The second kappa shape index (κ2) is 8.19. The van der Waals surface area contributed by atoms with Gasteiger partial charge in [-0.1, -0.05) is 18.2 Å². The van der Waals surface area contributed by atoms with Crippen LogP contribution in [0.4, 0.5) is 5.69 Å². The summed E-state index contributed by atoms with van der Waals surface area (Å²) in [5, 5.41) is 5.11. The van der Waals surface area contributed by atoms with E-state index in [4.69, 9.17) is 4.74 Å². The second-order valence-corrected chi connectivity index (χ2v) is 9.02. The van der Waals surface area contributed by atoms with E-state index in [0.29, 0.717) is 10.6 Å². The smallest absolute Gasteiger partial charge is 0.348 e. The maximum Gasteiger partial charge on any atom is 0.348 e. The van der Waals surface area contributed by atoms with Crippen molar-refractivity contribution in [2.75, 3.05) is 11.9 Å². The van der Waals surface area contributed by atoms with Crippen LogP contribution in [0.5, 0.6) is 0 Å². The molecule has 2 heterocycles. The summed E-state index contributed by atoms with van der Waals surface area (Å²) in [6, 6.07) is 16.1. The van der Waals surface area contributed by atoms with Gasteiger partial charge in [-0.25, -0.2) is 4.79 Å². The van der Waals surface area contributed by atoms with Crippen molar-refractivity contribution < 1.29 is 14.3 Å². The molecule has 0 saturated heterocycles. The highest BCUT2D eigenvalue weighted by Gasteiger charge is 2.19. The van der Waals surface area contributed by atoms with Crippen LogP contribution in [0, 0.1) is 0 Å². The third-order valence-corrected chi connectivity index (χ3v) is 7.12. The molecule has 2 aromatic carbocycles. The van der Waals surface area contributed by atoms with Crippen molar-refractivity contribution in [3.63, 3.8) is 0 Å². The van der Waals surface area contributed by atoms with Crippen molar-refractivity contribution in [1.29, 1.82) is 0 Å². The first kappa shape index (κ1) is 19.8. The van der Waals surface area contributed by atoms with E-state index < -0.39 is 5.97 Å². The average molecular weight is 433 g/mol. The zero-order valence-corrected chi connectivity index (χ0v) is 18.3. The average Bonchev–Trinajstić information content (AvgIpc) is 3.36. The topological polar surface area (TPSA) is 60.3 Å². The van der Waals surface area contributed by atoms with E-state index in [1.54, 1.807) is 0 Å². The highest BCUT2D eigenvalue weighted by molar-refractivity contribution is 7.14. The molecule has 1 amide bonds. The number of hydrogen-bond acceptors (Lipinski definition) is 4. The summed E-state index contributed by atoms with van der Waals surface area (Å²) < 4.78 is 7.54. The molecule has 6 heteroatoms. The van der Waals surface area contributed by atoms with Gasteiger partial charge >= 0.3 is 5.97 Å². The minimum Gasteiger partial charge on any atom is -0.451 e. The number of thiophene rings is 1. The number of aryl methyl sites for hydroxylation is 3. The number of carbonyl (C=O) groups is 2. The fourth-order valence-corrected chi connectivity index (χ4v) is 5.61. The van der Waals surface area contributed by atoms with E-state index in [1.807, 2.05) is 36.4 Å². The molecule has 0 saturated carbocycles. The van der Waals surface area contributed by atoms with Crippen molar-refractivity contribution in [3.05, 3.63) is 63.8 Å². The molecule has 0 unspecified atom stereocenters. The van der Waals surface area contributed by atoms with Gasteiger partial charge in [-0.3, -0.25) is 4.79 Å². The molecular weight excluding hydrogens is 408 g/mol. The number of fused-ring (bicyclic) bond motifs is 4. The third kappa shape index (κ3) is 3.72. The van der Waals surface area contributed by atoms with Crippen LogP contribution < -0.4 is 5.32 Å². The summed E-state index contributed by atoms with van der Waals surface area (Å²) in [6.07, 6.45) is 4.40. The number of esters is 1. The van der Waals surface area contributed by atoms with Crippen LogP contribution in [0.25, 0.3) is 21.8 Å². The van der Waals surface area contributed by atoms with Crippen molar-refractivity contribution in [1.82, 2.24) is 4.57 Å².